The van der Waals surface area contributed by atoms with Crippen LogP contribution >= 0.6 is 34.8 Å². The molecule has 162 valence electrons. The van der Waals surface area contributed by atoms with E-state index in [1.807, 2.05) is 13.0 Å². The Morgan fingerprint density at radius 3 is 2.48 bits per heavy atom. The van der Waals surface area contributed by atoms with Crippen LogP contribution in [0.1, 0.15) is 34.2 Å². The summed E-state index contributed by atoms with van der Waals surface area (Å²) in [6.45, 7) is 2.64. The maximum Gasteiger partial charge on any atom is 0.341 e. The first-order valence-corrected chi connectivity index (χ1v) is 10.5. The fraction of sp³-hybridized carbons (Fsp3) is 0.227. The first-order valence-electron chi connectivity index (χ1n) is 9.34. The minimum Gasteiger partial charge on any atom is -0.477 e. The van der Waals surface area contributed by atoms with Gasteiger partial charge in [-0.05, 0) is 36.8 Å². The zero-order chi connectivity index (χ0) is 22.7. The second kappa shape index (κ2) is 9.83. The molecule has 0 unspecified atom stereocenters. The molecular weight excluding hydrogens is 463 g/mol. The van der Waals surface area contributed by atoms with Gasteiger partial charge in [-0.15, -0.1) is 0 Å². The number of hydrogen-bond acceptors (Lipinski definition) is 4. The number of nitrogens with zero attached hydrogens (tertiary/aromatic N) is 2. The first-order chi connectivity index (χ1) is 14.7. The van der Waals surface area contributed by atoms with Crippen molar-refractivity contribution in [3.8, 4) is 11.3 Å². The van der Waals surface area contributed by atoms with E-state index in [-0.39, 0.29) is 22.7 Å². The zero-order valence-electron chi connectivity index (χ0n) is 16.8. The van der Waals surface area contributed by atoms with Crippen LogP contribution in [0.25, 0.3) is 11.3 Å². The predicted octanol–water partition coefficient (Wildman–Crippen LogP) is 5.33. The largest absolute Gasteiger partial charge is 0.477 e. The Hall–Kier alpha value is -2.38. The first kappa shape index (κ1) is 23.3. The molecule has 0 saturated heterocycles. The summed E-state index contributed by atoms with van der Waals surface area (Å²) in [5, 5.41) is 10.6. The van der Waals surface area contributed by atoms with Gasteiger partial charge in [-0.25, -0.2) is 9.78 Å². The monoisotopic (exact) mass is 480 g/mol. The van der Waals surface area contributed by atoms with Gasteiger partial charge in [0.05, 0.1) is 22.3 Å². The number of benzene rings is 1. The van der Waals surface area contributed by atoms with Gasteiger partial charge in [0.15, 0.2) is 5.43 Å². The molecule has 0 aliphatic heterocycles. The van der Waals surface area contributed by atoms with Gasteiger partial charge in [0.1, 0.15) is 10.7 Å². The third-order valence-corrected chi connectivity index (χ3v) is 5.63. The van der Waals surface area contributed by atoms with Crippen molar-refractivity contribution < 1.29 is 14.6 Å². The molecule has 6 nitrogen and oxygen atoms in total. The van der Waals surface area contributed by atoms with Crippen molar-refractivity contribution in [3.63, 3.8) is 0 Å². The number of hydrogen-bond donors (Lipinski definition) is 1. The molecule has 1 N–H and O–H groups in total. The molecule has 0 fully saturated rings. The maximum atomic E-state index is 12.8. The van der Waals surface area contributed by atoms with Crippen molar-refractivity contribution in [1.82, 2.24) is 9.55 Å². The lowest BCUT2D eigenvalue weighted by Gasteiger charge is -2.20. The van der Waals surface area contributed by atoms with Crippen LogP contribution in [0.15, 0.2) is 41.2 Å². The number of methoxy groups -OCH3 is 1. The highest BCUT2D eigenvalue weighted by molar-refractivity contribution is 6.42. The van der Waals surface area contributed by atoms with Gasteiger partial charge in [0.2, 0.25) is 0 Å². The second-order valence-corrected chi connectivity index (χ2v) is 8.00. The highest BCUT2D eigenvalue weighted by Crippen LogP contribution is 2.31. The van der Waals surface area contributed by atoms with Crippen molar-refractivity contribution in [2.75, 3.05) is 7.11 Å². The number of carboxylic acids is 1. The number of halogens is 3. The quantitative estimate of drug-likeness (QED) is 0.462. The third-order valence-electron chi connectivity index (χ3n) is 4.70. The minimum atomic E-state index is -1.32. The van der Waals surface area contributed by atoms with Gasteiger partial charge in [-0.3, -0.25) is 4.79 Å². The molecule has 3 rings (SSSR count). The highest BCUT2D eigenvalue weighted by atomic mass is 35.5. The van der Waals surface area contributed by atoms with Gasteiger partial charge in [0, 0.05) is 43.1 Å². The molecule has 3 aromatic rings. The zero-order valence-corrected chi connectivity index (χ0v) is 19.1. The number of aromatic nitrogens is 2. The molecule has 0 atom stereocenters. The van der Waals surface area contributed by atoms with E-state index in [4.69, 9.17) is 39.5 Å². The Labute approximate surface area is 194 Å². The molecule has 1 aromatic carbocycles. The SMILES string of the molecule is CCn1c(Cc2cc(COC)cc(Cl)n2)cc(=O)c(C(=O)O)c1-c1ccc(Cl)c(Cl)c1. The molecule has 0 aliphatic rings. The highest BCUT2D eigenvalue weighted by Gasteiger charge is 2.22. The molecular formula is C22H19Cl3N2O4. The van der Waals surface area contributed by atoms with Crippen molar-refractivity contribution in [1.29, 1.82) is 0 Å². The van der Waals surface area contributed by atoms with E-state index in [0.717, 1.165) is 5.56 Å². The fourth-order valence-electron chi connectivity index (χ4n) is 3.49. The third kappa shape index (κ3) is 5.10. The van der Waals surface area contributed by atoms with Crippen molar-refractivity contribution in [2.45, 2.75) is 26.5 Å². The van der Waals surface area contributed by atoms with Crippen LogP contribution in [-0.4, -0.2) is 27.7 Å². The molecule has 9 heteroatoms. The van der Waals surface area contributed by atoms with Gasteiger partial charge in [-0.1, -0.05) is 40.9 Å². The molecule has 0 aliphatic carbocycles. The Kier molecular flexibility index (Phi) is 7.38. The van der Waals surface area contributed by atoms with E-state index in [0.29, 0.717) is 40.3 Å². The molecule has 0 saturated carbocycles. The van der Waals surface area contributed by atoms with Crippen LogP contribution in [0.2, 0.25) is 15.2 Å². The lowest BCUT2D eigenvalue weighted by molar-refractivity contribution is 0.0695. The number of pyridine rings is 2. The van der Waals surface area contributed by atoms with Crippen LogP contribution in [0.5, 0.6) is 0 Å². The summed E-state index contributed by atoms with van der Waals surface area (Å²) in [6, 6.07) is 9.62. The Morgan fingerprint density at radius 2 is 1.87 bits per heavy atom. The van der Waals surface area contributed by atoms with E-state index in [9.17, 15) is 14.7 Å². The van der Waals surface area contributed by atoms with E-state index in [2.05, 4.69) is 4.98 Å². The standard InChI is InChI=1S/C22H19Cl3N2O4/c1-3-27-15(9-14-6-12(11-31-2)7-19(25)26-14)10-18(28)20(22(29)30)21(27)13-4-5-16(23)17(24)8-13/h4-8,10H,3,9,11H2,1-2H3,(H,29,30). The van der Waals surface area contributed by atoms with E-state index in [1.54, 1.807) is 35.9 Å². The van der Waals surface area contributed by atoms with Gasteiger partial charge >= 0.3 is 5.97 Å². The van der Waals surface area contributed by atoms with Crippen LogP contribution in [0, 0.1) is 0 Å². The number of carboxylic acid groups (broad SMARTS) is 1. The lowest BCUT2D eigenvalue weighted by Crippen LogP contribution is -2.23. The van der Waals surface area contributed by atoms with Crippen LogP contribution in [-0.2, 0) is 24.3 Å². The lowest BCUT2D eigenvalue weighted by atomic mass is 10.0. The molecule has 31 heavy (non-hydrogen) atoms. The Morgan fingerprint density at radius 1 is 1.13 bits per heavy atom. The fourth-order valence-corrected chi connectivity index (χ4v) is 4.04. The molecule has 0 bridgehead atoms. The van der Waals surface area contributed by atoms with Gasteiger partial charge < -0.3 is 14.4 Å². The number of ether oxygens (including phenoxy) is 1. The average molecular weight is 482 g/mol. The Bertz CT molecular complexity index is 1210. The van der Waals surface area contributed by atoms with E-state index < -0.39 is 11.4 Å². The average Bonchev–Trinajstić information content (AvgIpc) is 2.69. The van der Waals surface area contributed by atoms with Crippen LogP contribution < -0.4 is 5.43 Å². The summed E-state index contributed by atoms with van der Waals surface area (Å²) in [5.41, 5.74) is 1.87. The topological polar surface area (TPSA) is 81.4 Å². The summed E-state index contributed by atoms with van der Waals surface area (Å²) >= 11 is 18.3. The number of rotatable bonds is 7. The van der Waals surface area contributed by atoms with Crippen molar-refractivity contribution >= 4 is 40.8 Å². The van der Waals surface area contributed by atoms with Crippen LogP contribution in [0.4, 0.5) is 0 Å². The van der Waals surface area contributed by atoms with E-state index >= 15 is 0 Å². The van der Waals surface area contributed by atoms with Crippen molar-refractivity contribution in [2.24, 2.45) is 0 Å². The van der Waals surface area contributed by atoms with E-state index in [1.165, 1.54) is 6.07 Å². The summed E-state index contributed by atoms with van der Waals surface area (Å²) in [6.07, 6.45) is 0.272. The number of aromatic carboxylic acids is 1. The molecule has 0 radical (unpaired) electrons. The maximum absolute atomic E-state index is 12.8. The van der Waals surface area contributed by atoms with Gasteiger partial charge in [0.25, 0.3) is 0 Å². The van der Waals surface area contributed by atoms with Gasteiger partial charge in [-0.2, -0.15) is 0 Å². The minimum absolute atomic E-state index is 0.259. The second-order valence-electron chi connectivity index (χ2n) is 6.80. The Balaban J connectivity index is 2.23. The molecule has 0 amide bonds. The molecule has 2 heterocycles. The molecule has 2 aromatic heterocycles. The normalized spacial score (nSPS) is 11.0. The summed E-state index contributed by atoms with van der Waals surface area (Å²) in [4.78, 5) is 29.1. The predicted molar refractivity (Wildman–Crippen MR) is 122 cm³/mol. The van der Waals surface area contributed by atoms with Crippen molar-refractivity contribution in [3.05, 3.63) is 84.3 Å². The summed E-state index contributed by atoms with van der Waals surface area (Å²) in [7, 11) is 1.58. The summed E-state index contributed by atoms with van der Waals surface area (Å²) < 4.78 is 6.93. The molecule has 0 spiro atoms. The summed E-state index contributed by atoms with van der Waals surface area (Å²) in [5.74, 6) is -1.32. The smallest absolute Gasteiger partial charge is 0.341 e. The number of carbonyl (C=O) groups is 1. The van der Waals surface area contributed by atoms with Crippen LogP contribution in [0.3, 0.4) is 0 Å².